The number of anilines is 1. The number of nitrogens with one attached hydrogen (secondary N) is 1. The first-order chi connectivity index (χ1) is 21.5. The number of hydrogen-bond acceptors (Lipinski definition) is 10. The standard InChI is InChI=1S/C31H42Cl2N4O6S2Si/c1-17(2)46(18(3)4,19(5)6)43-26-12-23(11-21(26)15-42-45(34,40)41)37-31-25(14-35-16-36-31)29(39)27-13-24(30(33)44-27)28(38)20-8-7-9-22(32)10-20/h7-10,13-14,16-19,21,23,26,28,38H,11-12,15H2,1-6H3,(H2,34,40,41)(H,35,36,37)/t21-,23-,26+,28-/m1/s1. The van der Waals surface area contributed by atoms with E-state index in [2.05, 4.69) is 56.8 Å². The molecule has 0 bridgehead atoms. The number of benzene rings is 1. The molecule has 252 valence electrons. The van der Waals surface area contributed by atoms with Crippen LogP contribution in [0, 0.1) is 5.92 Å². The molecule has 1 aliphatic rings. The lowest BCUT2D eigenvalue weighted by Crippen LogP contribution is -2.51. The Labute approximate surface area is 286 Å². The maximum atomic E-state index is 13.8. The first-order valence-corrected chi connectivity index (χ1v) is 20.4. The van der Waals surface area contributed by atoms with Gasteiger partial charge in [-0.2, -0.15) is 8.42 Å². The lowest BCUT2D eigenvalue weighted by atomic mass is 10.0. The van der Waals surface area contributed by atoms with Crippen LogP contribution in [0.2, 0.25) is 26.0 Å². The van der Waals surface area contributed by atoms with Crippen LogP contribution in [0.4, 0.5) is 5.82 Å². The quantitative estimate of drug-likeness (QED) is 0.116. The lowest BCUT2D eigenvalue weighted by Gasteiger charge is -2.45. The van der Waals surface area contributed by atoms with Crippen molar-refractivity contribution < 1.29 is 26.9 Å². The van der Waals surface area contributed by atoms with Gasteiger partial charge in [0.1, 0.15) is 18.2 Å². The molecular formula is C31H42Cl2N4O6S2Si. The van der Waals surface area contributed by atoms with Gasteiger partial charge in [0.05, 0.1) is 27.5 Å². The second kappa shape index (κ2) is 15.1. The molecular weight excluding hydrogens is 687 g/mol. The minimum atomic E-state index is -4.14. The Bertz CT molecular complexity index is 1620. The molecule has 3 aromatic rings. The second-order valence-corrected chi connectivity index (χ2v) is 21.5. The summed E-state index contributed by atoms with van der Waals surface area (Å²) in [6.07, 6.45) is 2.50. The Balaban J connectivity index is 1.59. The van der Waals surface area contributed by atoms with Gasteiger partial charge in [0, 0.05) is 28.7 Å². The number of nitrogens with two attached hydrogens (primary N) is 1. The largest absolute Gasteiger partial charge is 0.413 e. The van der Waals surface area contributed by atoms with Crippen molar-refractivity contribution in [2.24, 2.45) is 11.1 Å². The topological polar surface area (TPSA) is 154 Å². The van der Waals surface area contributed by atoms with Gasteiger partial charge in [-0.15, -0.1) is 11.3 Å². The molecule has 4 rings (SSSR count). The number of halogens is 2. The van der Waals surface area contributed by atoms with E-state index in [4.69, 9.17) is 36.9 Å². The lowest BCUT2D eigenvalue weighted by molar-refractivity contribution is 0.103. The Hall–Kier alpha value is -1.94. The van der Waals surface area contributed by atoms with Crippen LogP contribution in [0.25, 0.3) is 0 Å². The Morgan fingerprint density at radius 2 is 1.80 bits per heavy atom. The maximum Gasteiger partial charge on any atom is 0.333 e. The molecule has 1 fully saturated rings. The first kappa shape index (κ1) is 36.9. The number of rotatable bonds is 14. The summed E-state index contributed by atoms with van der Waals surface area (Å²) in [4.78, 5) is 22.6. The number of carbonyl (C=O) groups is 1. The molecule has 1 aliphatic carbocycles. The SMILES string of the molecule is CC(C)[Si](O[C@H]1C[C@H](Nc2ncncc2C(=O)c2cc([C@H](O)c3cccc(Cl)c3)c(Cl)s2)C[C@@H]1COS(N)(=O)=O)(C(C)C)C(C)C. The molecule has 2 aromatic heterocycles. The van der Waals surface area contributed by atoms with Gasteiger partial charge in [-0.25, -0.2) is 15.1 Å². The third kappa shape index (κ3) is 8.37. The average Bonchev–Trinajstić information content (AvgIpc) is 3.55. The minimum Gasteiger partial charge on any atom is -0.413 e. The van der Waals surface area contributed by atoms with Crippen LogP contribution in [0.3, 0.4) is 0 Å². The first-order valence-electron chi connectivity index (χ1n) is 15.2. The van der Waals surface area contributed by atoms with Crippen molar-refractivity contribution >= 4 is 64.8 Å². The highest BCUT2D eigenvalue weighted by molar-refractivity contribution is 7.84. The van der Waals surface area contributed by atoms with E-state index in [1.807, 2.05) is 0 Å². The van der Waals surface area contributed by atoms with Crippen LogP contribution in [-0.4, -0.2) is 56.3 Å². The number of aromatic nitrogens is 2. The summed E-state index contributed by atoms with van der Waals surface area (Å²) in [6.45, 7) is 13.1. The fraction of sp³-hybridized carbons (Fsp3) is 0.516. The van der Waals surface area contributed by atoms with E-state index in [0.29, 0.717) is 56.3 Å². The van der Waals surface area contributed by atoms with E-state index >= 15 is 0 Å². The summed E-state index contributed by atoms with van der Waals surface area (Å²) < 4.78 is 35.9. The van der Waals surface area contributed by atoms with Crippen molar-refractivity contribution in [2.75, 3.05) is 11.9 Å². The number of hydrogen-bond donors (Lipinski definition) is 3. The monoisotopic (exact) mass is 728 g/mol. The summed E-state index contributed by atoms with van der Waals surface area (Å²) >= 11 is 13.7. The molecule has 2 heterocycles. The van der Waals surface area contributed by atoms with Gasteiger partial charge in [-0.1, -0.05) is 76.9 Å². The molecule has 1 aromatic carbocycles. The maximum absolute atomic E-state index is 13.8. The van der Waals surface area contributed by atoms with Crippen LogP contribution in [0.5, 0.6) is 0 Å². The number of aliphatic hydroxyl groups excluding tert-OH is 1. The molecule has 10 nitrogen and oxygen atoms in total. The highest BCUT2D eigenvalue weighted by Crippen LogP contribution is 2.46. The predicted octanol–water partition coefficient (Wildman–Crippen LogP) is 7.13. The molecule has 1 saturated carbocycles. The van der Waals surface area contributed by atoms with Gasteiger partial charge in [0.2, 0.25) is 14.1 Å². The Morgan fingerprint density at radius 1 is 1.13 bits per heavy atom. The third-order valence-corrected chi connectivity index (χ3v) is 17.0. The molecule has 0 spiro atoms. The highest BCUT2D eigenvalue weighted by Gasteiger charge is 2.49. The zero-order valence-electron chi connectivity index (χ0n) is 26.7. The van der Waals surface area contributed by atoms with Crippen LogP contribution in [0.1, 0.15) is 86.9 Å². The number of thiophene rings is 1. The number of ketones is 1. The van der Waals surface area contributed by atoms with Crippen LogP contribution in [-0.2, 0) is 18.9 Å². The van der Waals surface area contributed by atoms with Crippen molar-refractivity contribution in [3.63, 3.8) is 0 Å². The Kier molecular flexibility index (Phi) is 12.1. The van der Waals surface area contributed by atoms with Gasteiger partial charge < -0.3 is 14.8 Å². The van der Waals surface area contributed by atoms with E-state index in [1.54, 1.807) is 30.3 Å². The van der Waals surface area contributed by atoms with Gasteiger partial charge >= 0.3 is 10.3 Å². The molecule has 0 amide bonds. The second-order valence-electron chi connectivity index (χ2n) is 12.7. The summed E-state index contributed by atoms with van der Waals surface area (Å²) in [7, 11) is -6.47. The third-order valence-electron chi connectivity index (χ3n) is 8.83. The van der Waals surface area contributed by atoms with E-state index in [0.717, 1.165) is 11.3 Å². The average molecular weight is 730 g/mol. The molecule has 0 radical (unpaired) electrons. The van der Waals surface area contributed by atoms with E-state index < -0.39 is 24.7 Å². The summed E-state index contributed by atoms with van der Waals surface area (Å²) in [5, 5.41) is 20.0. The fourth-order valence-electron chi connectivity index (χ4n) is 6.85. The van der Waals surface area contributed by atoms with Crippen molar-refractivity contribution in [1.29, 1.82) is 0 Å². The summed E-state index contributed by atoms with van der Waals surface area (Å²) in [5.74, 6) is -0.282. The minimum absolute atomic E-state index is 0.110. The van der Waals surface area contributed by atoms with E-state index in [9.17, 15) is 18.3 Å². The van der Waals surface area contributed by atoms with E-state index in [1.165, 1.54) is 12.5 Å². The van der Waals surface area contributed by atoms with Crippen LogP contribution < -0.4 is 10.5 Å². The van der Waals surface area contributed by atoms with Gasteiger partial charge in [-0.3, -0.25) is 8.98 Å². The highest BCUT2D eigenvalue weighted by atomic mass is 35.5. The fourth-order valence-corrected chi connectivity index (χ4v) is 14.3. The van der Waals surface area contributed by atoms with Crippen LogP contribution in [0.15, 0.2) is 42.9 Å². The molecule has 15 heteroatoms. The smallest absolute Gasteiger partial charge is 0.333 e. The number of nitrogens with zero attached hydrogens (tertiary/aromatic N) is 2. The van der Waals surface area contributed by atoms with Crippen molar-refractivity contribution in [2.45, 2.75) is 89.3 Å². The zero-order chi connectivity index (χ0) is 34.0. The van der Waals surface area contributed by atoms with Gasteiger partial charge in [0.25, 0.3) is 0 Å². The predicted molar refractivity (Wildman–Crippen MR) is 185 cm³/mol. The van der Waals surface area contributed by atoms with Gasteiger partial charge in [-0.05, 0) is 53.2 Å². The zero-order valence-corrected chi connectivity index (χ0v) is 30.9. The van der Waals surface area contributed by atoms with Crippen molar-refractivity contribution in [3.05, 3.63) is 73.8 Å². The molecule has 46 heavy (non-hydrogen) atoms. The Morgan fingerprint density at radius 3 is 2.41 bits per heavy atom. The van der Waals surface area contributed by atoms with E-state index in [-0.39, 0.29) is 40.4 Å². The normalized spacial score (nSPS) is 19.7. The summed E-state index contributed by atoms with van der Waals surface area (Å²) in [5.41, 5.74) is 2.16. The molecule has 0 saturated heterocycles. The van der Waals surface area contributed by atoms with Gasteiger partial charge in [0.15, 0.2) is 0 Å². The number of aliphatic hydroxyl groups is 1. The van der Waals surface area contributed by atoms with Crippen molar-refractivity contribution in [1.82, 2.24) is 9.97 Å². The molecule has 4 atom stereocenters. The molecule has 0 aliphatic heterocycles. The molecule has 4 N–H and O–H groups in total. The van der Waals surface area contributed by atoms with Crippen LogP contribution >= 0.6 is 34.5 Å². The molecule has 0 unspecified atom stereocenters. The van der Waals surface area contributed by atoms with Crippen molar-refractivity contribution in [3.8, 4) is 0 Å². The number of carbonyl (C=O) groups excluding carboxylic acids is 1. The summed E-state index contributed by atoms with van der Waals surface area (Å²) in [6, 6.07) is 8.18.